The van der Waals surface area contributed by atoms with Crippen LogP contribution in [0.3, 0.4) is 0 Å². The van der Waals surface area contributed by atoms with Crippen molar-refractivity contribution < 1.29 is 19.1 Å². The van der Waals surface area contributed by atoms with Crippen LogP contribution in [0.1, 0.15) is 28.3 Å². The highest BCUT2D eigenvalue weighted by Gasteiger charge is 2.24. The van der Waals surface area contributed by atoms with Crippen LogP contribution < -0.4 is 21.1 Å². The Balaban J connectivity index is 1.46. The Morgan fingerprint density at radius 2 is 1.35 bits per heavy atom. The number of carbonyl (C=O) groups excluding carboxylic acids is 2. The van der Waals surface area contributed by atoms with Crippen LogP contribution in [-0.2, 0) is 29.3 Å². The minimum Gasteiger partial charge on any atom is -0.489 e. The van der Waals surface area contributed by atoms with Gasteiger partial charge in [0.2, 0.25) is 0 Å². The number of alkyl carbamates (subject to hydrolysis) is 1. The molecule has 0 saturated heterocycles. The van der Waals surface area contributed by atoms with Crippen LogP contribution in [0.15, 0.2) is 109 Å². The van der Waals surface area contributed by atoms with Gasteiger partial charge in [-0.1, -0.05) is 84.9 Å². The molecule has 0 saturated carbocycles. The number of hydrogen-bond acceptors (Lipinski definition) is 5. The number of benzene rings is 4. The second-order valence-electron chi connectivity index (χ2n) is 8.38. The van der Waals surface area contributed by atoms with Crippen molar-refractivity contribution >= 4 is 17.7 Å². The van der Waals surface area contributed by atoms with Gasteiger partial charge in [-0.3, -0.25) is 4.79 Å². The maximum Gasteiger partial charge on any atom is 0.408 e. The minimum atomic E-state index is -0.993. The molecule has 0 aromatic heterocycles. The molecular weight excluding hydrogens is 466 g/mol. The molecule has 37 heavy (non-hydrogen) atoms. The largest absolute Gasteiger partial charge is 0.489 e. The van der Waals surface area contributed by atoms with E-state index in [9.17, 15) is 9.59 Å². The molecule has 1 atom stereocenters. The Bertz CT molecular complexity index is 1300. The molecule has 0 radical (unpaired) electrons. The molecule has 7 heteroatoms. The van der Waals surface area contributed by atoms with Crippen molar-refractivity contribution in [3.8, 4) is 5.75 Å². The van der Waals surface area contributed by atoms with Crippen molar-refractivity contribution in [3.05, 3.63) is 131 Å². The van der Waals surface area contributed by atoms with Gasteiger partial charge in [0.15, 0.2) is 0 Å². The molecule has 188 valence electrons. The zero-order valence-electron chi connectivity index (χ0n) is 20.3. The number of anilines is 1. The normalized spacial score (nSPS) is 11.3. The van der Waals surface area contributed by atoms with Crippen LogP contribution in [0, 0.1) is 0 Å². The first-order valence-electron chi connectivity index (χ1n) is 11.9. The number of carbonyl (C=O) groups is 2. The number of hydrogen-bond donors (Lipinski definition) is 3. The molecule has 2 amide bonds. The lowest BCUT2D eigenvalue weighted by Crippen LogP contribution is -2.37. The van der Waals surface area contributed by atoms with Crippen LogP contribution in [0.4, 0.5) is 10.5 Å². The summed E-state index contributed by atoms with van der Waals surface area (Å²) in [6.45, 7) is 0.860. The van der Waals surface area contributed by atoms with Gasteiger partial charge in [-0.05, 0) is 46.5 Å². The first-order chi connectivity index (χ1) is 18.1. The first-order valence-corrected chi connectivity index (χ1v) is 11.9. The third-order valence-electron chi connectivity index (χ3n) is 5.63. The molecule has 0 fully saturated rings. The summed E-state index contributed by atoms with van der Waals surface area (Å²) in [5.74, 6) is 0.234. The highest BCUT2D eigenvalue weighted by molar-refractivity contribution is 5.97. The monoisotopic (exact) mass is 495 g/mol. The van der Waals surface area contributed by atoms with E-state index in [1.165, 1.54) is 0 Å². The molecule has 0 aliphatic heterocycles. The summed E-state index contributed by atoms with van der Waals surface area (Å²) in [5, 5.41) is 5.55. The molecule has 7 nitrogen and oxygen atoms in total. The Labute approximate surface area is 216 Å². The lowest BCUT2D eigenvalue weighted by molar-refractivity contribution is -0.118. The third-order valence-corrected chi connectivity index (χ3v) is 5.63. The van der Waals surface area contributed by atoms with Gasteiger partial charge in [0.05, 0.1) is 0 Å². The van der Waals surface area contributed by atoms with Crippen molar-refractivity contribution in [1.29, 1.82) is 0 Å². The minimum absolute atomic E-state index is 0.0891. The van der Waals surface area contributed by atoms with Gasteiger partial charge in [-0.25, -0.2) is 4.79 Å². The Hall–Kier alpha value is -4.62. The van der Waals surface area contributed by atoms with E-state index in [1.54, 1.807) is 36.4 Å². The predicted octanol–water partition coefficient (Wildman–Crippen LogP) is 5.33. The van der Waals surface area contributed by atoms with Gasteiger partial charge in [-0.2, -0.15) is 0 Å². The van der Waals surface area contributed by atoms with E-state index in [4.69, 9.17) is 15.2 Å². The van der Waals surface area contributed by atoms with E-state index in [0.717, 1.165) is 16.7 Å². The van der Waals surface area contributed by atoms with Gasteiger partial charge in [0.25, 0.3) is 5.91 Å². The topological polar surface area (TPSA) is 103 Å². The molecule has 4 aromatic carbocycles. The zero-order chi connectivity index (χ0) is 25.9. The van der Waals surface area contributed by atoms with E-state index in [-0.39, 0.29) is 6.61 Å². The van der Waals surface area contributed by atoms with E-state index >= 15 is 0 Å². The van der Waals surface area contributed by atoms with Crippen molar-refractivity contribution in [1.82, 2.24) is 5.32 Å². The fraction of sp³-hybridized carbons (Fsp3) is 0.133. The number of nitrogens with two attached hydrogens (primary N) is 1. The summed E-state index contributed by atoms with van der Waals surface area (Å²) < 4.78 is 11.2. The molecule has 4 aromatic rings. The second kappa shape index (κ2) is 12.9. The van der Waals surface area contributed by atoms with E-state index in [2.05, 4.69) is 10.6 Å². The fourth-order valence-electron chi connectivity index (χ4n) is 3.67. The van der Waals surface area contributed by atoms with Gasteiger partial charge < -0.3 is 25.8 Å². The number of amides is 2. The third kappa shape index (κ3) is 7.68. The van der Waals surface area contributed by atoms with Crippen molar-refractivity contribution in [2.24, 2.45) is 5.73 Å². The molecule has 0 aliphatic carbocycles. The summed E-state index contributed by atoms with van der Waals surface area (Å²) in [7, 11) is 0. The van der Waals surface area contributed by atoms with Gasteiger partial charge in [0, 0.05) is 12.2 Å². The molecule has 0 aliphatic rings. The van der Waals surface area contributed by atoms with Crippen LogP contribution >= 0.6 is 0 Å². The van der Waals surface area contributed by atoms with Crippen molar-refractivity contribution in [2.75, 3.05) is 5.32 Å². The highest BCUT2D eigenvalue weighted by atomic mass is 16.5. The summed E-state index contributed by atoms with van der Waals surface area (Å²) in [4.78, 5) is 25.9. The molecule has 4 N–H and O–H groups in total. The smallest absolute Gasteiger partial charge is 0.408 e. The van der Waals surface area contributed by atoms with Crippen LogP contribution in [0.5, 0.6) is 5.75 Å². The average molecular weight is 496 g/mol. The van der Waals surface area contributed by atoms with E-state index < -0.39 is 18.0 Å². The molecule has 0 heterocycles. The summed E-state index contributed by atoms with van der Waals surface area (Å²) in [5.41, 5.74) is 9.66. The van der Waals surface area contributed by atoms with Crippen LogP contribution in [0.25, 0.3) is 0 Å². The van der Waals surface area contributed by atoms with Gasteiger partial charge in [0.1, 0.15) is 25.0 Å². The molecule has 0 spiro atoms. The van der Waals surface area contributed by atoms with Crippen molar-refractivity contribution in [2.45, 2.75) is 25.8 Å². The number of ether oxygens (including phenoxy) is 2. The summed E-state index contributed by atoms with van der Waals surface area (Å²) >= 11 is 0. The number of rotatable bonds is 10. The predicted molar refractivity (Wildman–Crippen MR) is 143 cm³/mol. The average Bonchev–Trinajstić information content (AvgIpc) is 2.95. The lowest BCUT2D eigenvalue weighted by atomic mass is 10.1. The van der Waals surface area contributed by atoms with Crippen molar-refractivity contribution in [3.63, 3.8) is 0 Å². The van der Waals surface area contributed by atoms with Crippen LogP contribution in [-0.4, -0.2) is 12.0 Å². The summed E-state index contributed by atoms with van der Waals surface area (Å²) in [6.07, 6.45) is -0.705. The maximum atomic E-state index is 13.3. The summed E-state index contributed by atoms with van der Waals surface area (Å²) in [6, 6.07) is 32.5. The first kappa shape index (κ1) is 25.5. The molecular formula is C30H29N3O4. The molecule has 0 bridgehead atoms. The van der Waals surface area contributed by atoms with Gasteiger partial charge in [-0.15, -0.1) is 0 Å². The Morgan fingerprint density at radius 3 is 2.00 bits per heavy atom. The standard InChI is InChI=1S/C30H29N3O4/c31-19-24-12-7-13-26(18-24)32-29(34)28(33-30(35)37-21-23-10-5-2-6-11-23)25-14-16-27(17-15-25)36-20-22-8-3-1-4-9-22/h1-18,28H,19-21,31H2,(H,32,34)(H,33,35)/t28-/m0/s1. The SMILES string of the molecule is NCc1cccc(NC(=O)[C@@H](NC(=O)OCc2ccccc2)c2ccc(OCc3ccccc3)cc2)c1. The van der Waals surface area contributed by atoms with E-state index in [1.807, 2.05) is 72.8 Å². The molecule has 4 rings (SSSR count). The number of nitrogens with one attached hydrogen (secondary N) is 2. The Morgan fingerprint density at radius 1 is 0.730 bits per heavy atom. The zero-order valence-corrected chi connectivity index (χ0v) is 20.3. The van der Waals surface area contributed by atoms with E-state index in [0.29, 0.717) is 30.2 Å². The fourth-order valence-corrected chi connectivity index (χ4v) is 3.67. The highest BCUT2D eigenvalue weighted by Crippen LogP contribution is 2.21. The Kier molecular flexibility index (Phi) is 8.88. The quantitative estimate of drug-likeness (QED) is 0.276. The second-order valence-corrected chi connectivity index (χ2v) is 8.38. The lowest BCUT2D eigenvalue weighted by Gasteiger charge is -2.19. The van der Waals surface area contributed by atoms with Crippen LogP contribution in [0.2, 0.25) is 0 Å². The molecule has 0 unspecified atom stereocenters. The maximum absolute atomic E-state index is 13.3. The van der Waals surface area contributed by atoms with Gasteiger partial charge >= 0.3 is 6.09 Å².